The third kappa shape index (κ3) is 3.96. The van der Waals surface area contributed by atoms with Crippen LogP contribution < -0.4 is 0 Å². The molecule has 0 unspecified atom stereocenters. The Morgan fingerprint density at radius 3 is 2.82 bits per heavy atom. The smallest absolute Gasteiger partial charge is 0.160 e. The second kappa shape index (κ2) is 6.62. The summed E-state index contributed by atoms with van der Waals surface area (Å²) in [7, 11) is -3.21. The van der Waals surface area contributed by atoms with Crippen LogP contribution in [0.2, 0.25) is 0 Å². The van der Waals surface area contributed by atoms with Crippen LogP contribution in [0.4, 0.5) is 0 Å². The summed E-state index contributed by atoms with van der Waals surface area (Å²) in [4.78, 5) is 4.22. The van der Waals surface area contributed by atoms with Gasteiger partial charge in [0.05, 0.1) is 11.9 Å². The lowest BCUT2D eigenvalue weighted by molar-refractivity contribution is 0.127. The highest BCUT2D eigenvalue weighted by Crippen LogP contribution is 2.16. The van der Waals surface area contributed by atoms with Crippen molar-refractivity contribution < 1.29 is 13.2 Å². The van der Waals surface area contributed by atoms with Crippen LogP contribution in [0.5, 0.6) is 0 Å². The van der Waals surface area contributed by atoms with Crippen molar-refractivity contribution in [2.24, 2.45) is 0 Å². The van der Waals surface area contributed by atoms with Crippen LogP contribution in [-0.4, -0.2) is 36.4 Å². The normalized spacial score (nSPS) is 18.6. The van der Waals surface area contributed by atoms with Gasteiger partial charge in [0.15, 0.2) is 9.84 Å². The fraction of sp³-hybridized carbons (Fsp3) is 0.438. The Morgan fingerprint density at radius 1 is 1.27 bits per heavy atom. The van der Waals surface area contributed by atoms with Crippen LogP contribution in [0, 0.1) is 0 Å². The van der Waals surface area contributed by atoms with E-state index in [1.165, 1.54) is 0 Å². The van der Waals surface area contributed by atoms with Crippen molar-refractivity contribution >= 4 is 9.84 Å². The van der Waals surface area contributed by atoms with Crippen LogP contribution in [0.15, 0.2) is 42.7 Å². The van der Waals surface area contributed by atoms with Gasteiger partial charge in [0.25, 0.3) is 0 Å². The van der Waals surface area contributed by atoms with Crippen molar-refractivity contribution in [2.75, 3.05) is 12.4 Å². The number of nitrogens with zero attached hydrogens (tertiary/aromatic N) is 2. The van der Waals surface area contributed by atoms with E-state index in [2.05, 4.69) is 4.98 Å². The van der Waals surface area contributed by atoms with E-state index in [0.717, 1.165) is 18.4 Å². The molecule has 5 nitrogen and oxygen atoms in total. The summed E-state index contributed by atoms with van der Waals surface area (Å²) in [5.74, 6) is 0.639. The Kier molecular flexibility index (Phi) is 4.59. The van der Waals surface area contributed by atoms with E-state index in [0.29, 0.717) is 19.0 Å². The molecule has 0 N–H and O–H groups in total. The maximum Gasteiger partial charge on any atom is 0.160 e. The summed E-state index contributed by atoms with van der Waals surface area (Å²) in [6.45, 7) is 1.30. The Labute approximate surface area is 130 Å². The van der Waals surface area contributed by atoms with Crippen molar-refractivity contribution in [3.63, 3.8) is 0 Å². The summed E-state index contributed by atoms with van der Waals surface area (Å²) < 4.78 is 32.0. The van der Waals surface area contributed by atoms with Crippen LogP contribution in [-0.2, 0) is 26.9 Å². The van der Waals surface area contributed by atoms with Gasteiger partial charge in [-0.3, -0.25) is 0 Å². The number of hydrogen-bond donors (Lipinski definition) is 0. The molecule has 22 heavy (non-hydrogen) atoms. The van der Waals surface area contributed by atoms with Crippen molar-refractivity contribution in [2.45, 2.75) is 31.2 Å². The Bertz CT molecular complexity index is 704. The fourth-order valence-corrected chi connectivity index (χ4v) is 4.30. The molecule has 0 saturated carbocycles. The highest BCUT2D eigenvalue weighted by atomic mass is 32.2. The maximum atomic E-state index is 12.3. The molecular formula is C16H20N2O3S. The lowest BCUT2D eigenvalue weighted by Crippen LogP contribution is -2.22. The van der Waals surface area contributed by atoms with Crippen LogP contribution in [0.3, 0.4) is 0 Å². The van der Waals surface area contributed by atoms with Crippen molar-refractivity contribution in [3.8, 4) is 0 Å². The average molecular weight is 320 g/mol. The lowest BCUT2D eigenvalue weighted by Gasteiger charge is -2.11. The number of benzene rings is 1. The lowest BCUT2D eigenvalue weighted by atomic mass is 10.2. The van der Waals surface area contributed by atoms with Gasteiger partial charge < -0.3 is 9.30 Å². The van der Waals surface area contributed by atoms with E-state index in [1.807, 2.05) is 41.1 Å². The second-order valence-electron chi connectivity index (χ2n) is 5.65. The van der Waals surface area contributed by atoms with Crippen LogP contribution >= 0.6 is 0 Å². The summed E-state index contributed by atoms with van der Waals surface area (Å²) in [5, 5.41) is 0. The first-order chi connectivity index (χ1) is 10.6. The number of sulfone groups is 1. The third-order valence-electron chi connectivity index (χ3n) is 3.81. The molecule has 0 bridgehead atoms. The molecule has 1 aromatic heterocycles. The third-order valence-corrected chi connectivity index (χ3v) is 5.39. The molecule has 1 fully saturated rings. The topological polar surface area (TPSA) is 61.2 Å². The van der Waals surface area contributed by atoms with Gasteiger partial charge in [0.2, 0.25) is 0 Å². The van der Waals surface area contributed by atoms with Gasteiger partial charge >= 0.3 is 0 Å². The first kappa shape index (κ1) is 15.2. The summed E-state index contributed by atoms with van der Waals surface area (Å²) in [6, 6.07) is 9.94. The molecule has 0 spiro atoms. The molecule has 6 heteroatoms. The van der Waals surface area contributed by atoms with Gasteiger partial charge in [-0.25, -0.2) is 13.4 Å². The molecule has 2 aromatic rings. The molecule has 2 heterocycles. The van der Waals surface area contributed by atoms with E-state index in [9.17, 15) is 8.42 Å². The predicted octanol–water partition coefficient (Wildman–Crippen LogP) is 2.03. The minimum absolute atomic E-state index is 0.0350. The average Bonchev–Trinajstić information content (AvgIpc) is 3.12. The molecule has 0 radical (unpaired) electrons. The number of rotatable bonds is 6. The summed E-state index contributed by atoms with van der Waals surface area (Å²) in [5.41, 5.74) is 1.12. The zero-order chi connectivity index (χ0) is 15.4. The standard InChI is InChI=1S/C16H20N2O3S/c19-22(20,12-15-7-4-10-21-15)13-16-17-8-9-18(16)11-14-5-2-1-3-6-14/h1-3,5-6,8-9,15H,4,7,10-13H2/t15-/m0/s1. The van der Waals surface area contributed by atoms with Gasteiger partial charge in [-0.15, -0.1) is 0 Å². The van der Waals surface area contributed by atoms with Crippen molar-refractivity contribution in [3.05, 3.63) is 54.1 Å². The summed E-state index contributed by atoms with van der Waals surface area (Å²) in [6.07, 6.45) is 5.10. The number of hydrogen-bond acceptors (Lipinski definition) is 4. The highest BCUT2D eigenvalue weighted by Gasteiger charge is 2.24. The maximum absolute atomic E-state index is 12.3. The van der Waals surface area contributed by atoms with Crippen LogP contribution in [0.1, 0.15) is 24.2 Å². The molecular weight excluding hydrogens is 300 g/mol. The highest BCUT2D eigenvalue weighted by molar-refractivity contribution is 7.90. The molecule has 1 aliphatic rings. The van der Waals surface area contributed by atoms with Gasteiger partial charge in [0.1, 0.15) is 11.6 Å². The SMILES string of the molecule is O=S(=O)(Cc1nccn1Cc1ccccc1)C[C@@H]1CCCO1. The van der Waals surface area contributed by atoms with E-state index in [1.54, 1.807) is 6.20 Å². The predicted molar refractivity (Wildman–Crippen MR) is 84.2 cm³/mol. The molecule has 0 amide bonds. The zero-order valence-electron chi connectivity index (χ0n) is 12.4. The zero-order valence-corrected chi connectivity index (χ0v) is 13.2. The molecule has 1 atom stereocenters. The van der Waals surface area contributed by atoms with Crippen LogP contribution in [0.25, 0.3) is 0 Å². The molecule has 1 aromatic carbocycles. The van der Waals surface area contributed by atoms with E-state index in [4.69, 9.17) is 4.74 Å². The Balaban J connectivity index is 1.69. The molecule has 118 valence electrons. The molecule has 0 aliphatic carbocycles. The first-order valence-electron chi connectivity index (χ1n) is 7.48. The Morgan fingerprint density at radius 2 is 2.09 bits per heavy atom. The molecule has 3 rings (SSSR count). The molecule has 1 saturated heterocycles. The van der Waals surface area contributed by atoms with Crippen molar-refractivity contribution in [1.82, 2.24) is 9.55 Å². The quantitative estimate of drug-likeness (QED) is 0.817. The largest absolute Gasteiger partial charge is 0.377 e. The number of aromatic nitrogens is 2. The van der Waals surface area contributed by atoms with Gasteiger partial charge in [-0.2, -0.15) is 0 Å². The van der Waals surface area contributed by atoms with Gasteiger partial charge in [0, 0.05) is 25.5 Å². The summed E-state index contributed by atoms with van der Waals surface area (Å²) >= 11 is 0. The van der Waals surface area contributed by atoms with Gasteiger partial charge in [-0.05, 0) is 18.4 Å². The first-order valence-corrected chi connectivity index (χ1v) is 9.30. The minimum atomic E-state index is -3.21. The monoisotopic (exact) mass is 320 g/mol. The molecule has 1 aliphatic heterocycles. The van der Waals surface area contributed by atoms with Crippen molar-refractivity contribution in [1.29, 1.82) is 0 Å². The van der Waals surface area contributed by atoms with E-state index >= 15 is 0 Å². The second-order valence-corrected chi connectivity index (χ2v) is 7.76. The van der Waals surface area contributed by atoms with E-state index < -0.39 is 9.84 Å². The number of imidazole rings is 1. The van der Waals surface area contributed by atoms with Gasteiger partial charge in [-0.1, -0.05) is 30.3 Å². The minimum Gasteiger partial charge on any atom is -0.377 e. The van der Waals surface area contributed by atoms with E-state index in [-0.39, 0.29) is 17.6 Å². The number of ether oxygens (including phenoxy) is 1. The Hall–Kier alpha value is -1.66. The fourth-order valence-electron chi connectivity index (χ4n) is 2.72.